The quantitative estimate of drug-likeness (QED) is 0.483. The molecule has 0 saturated heterocycles. The first-order chi connectivity index (χ1) is 9.07. The molecule has 0 aromatic carbocycles. The maximum absolute atomic E-state index is 11.5. The summed E-state index contributed by atoms with van der Waals surface area (Å²) in [6.45, 7) is 10.8. The smallest absolute Gasteiger partial charge is 0.199 e. The average Bonchev–Trinajstić information content (AvgIpc) is 2.37. The second-order valence-electron chi connectivity index (χ2n) is 4.41. The molecule has 0 nitrogen and oxygen atoms in total. The largest absolute Gasteiger partial charge is 0.307 e. The van der Waals surface area contributed by atoms with Gasteiger partial charge in [0.2, 0.25) is 5.83 Å². The standard InChI is InChI=1S/C9H14.C4H3F5.C2H6/c1-7-5-4-6-8(2)9(7)3;1-4(8,9)2(5)3(6)7;1-2/h4-7,9H,1-3H3;1H3;1-2H3. The minimum absolute atomic E-state index is 0.0570. The molecule has 2 unspecified atom stereocenters. The van der Waals surface area contributed by atoms with E-state index in [0.29, 0.717) is 0 Å². The average molecular weight is 298 g/mol. The van der Waals surface area contributed by atoms with E-state index in [1.807, 2.05) is 13.8 Å². The molecule has 0 radical (unpaired) electrons. The number of hydrogen-bond acceptors (Lipinski definition) is 0. The van der Waals surface area contributed by atoms with Crippen molar-refractivity contribution in [3.05, 3.63) is 35.7 Å². The van der Waals surface area contributed by atoms with E-state index in [4.69, 9.17) is 0 Å². The van der Waals surface area contributed by atoms with Gasteiger partial charge in [-0.15, -0.1) is 0 Å². The highest BCUT2D eigenvalue weighted by Gasteiger charge is 2.32. The van der Waals surface area contributed by atoms with Gasteiger partial charge in [-0.3, -0.25) is 0 Å². The Morgan fingerprint density at radius 3 is 1.75 bits per heavy atom. The molecule has 0 spiro atoms. The number of rotatable bonds is 1. The van der Waals surface area contributed by atoms with Crippen molar-refractivity contribution in [1.82, 2.24) is 0 Å². The number of hydrogen-bond donors (Lipinski definition) is 0. The summed E-state index contributed by atoms with van der Waals surface area (Å²) in [7, 11) is 0. The molecule has 0 aliphatic heterocycles. The van der Waals surface area contributed by atoms with Gasteiger partial charge in [0.1, 0.15) is 0 Å². The van der Waals surface area contributed by atoms with E-state index in [1.54, 1.807) is 0 Å². The van der Waals surface area contributed by atoms with Gasteiger partial charge in [-0.05, 0) is 18.8 Å². The third-order valence-corrected chi connectivity index (χ3v) is 2.83. The molecule has 0 heterocycles. The van der Waals surface area contributed by atoms with Crippen molar-refractivity contribution in [2.45, 2.75) is 47.5 Å². The molecular weight excluding hydrogens is 275 g/mol. The predicted octanol–water partition coefficient (Wildman–Crippen LogP) is 6.52. The molecular formula is C15H23F5. The molecule has 0 fully saturated rings. The monoisotopic (exact) mass is 298 g/mol. The second kappa shape index (κ2) is 9.72. The molecule has 0 saturated carbocycles. The maximum Gasteiger partial charge on any atom is 0.307 e. The van der Waals surface area contributed by atoms with Crippen LogP contribution in [0, 0.1) is 11.8 Å². The summed E-state index contributed by atoms with van der Waals surface area (Å²) in [6.07, 6.45) is 3.64. The lowest BCUT2D eigenvalue weighted by Gasteiger charge is -2.19. The molecule has 0 aromatic heterocycles. The van der Waals surface area contributed by atoms with Crippen LogP contribution < -0.4 is 0 Å². The lowest BCUT2D eigenvalue weighted by Crippen LogP contribution is -2.10. The molecule has 1 aliphatic carbocycles. The fourth-order valence-electron chi connectivity index (χ4n) is 1.28. The molecule has 0 bridgehead atoms. The van der Waals surface area contributed by atoms with Crippen LogP contribution in [0.2, 0.25) is 0 Å². The summed E-state index contributed by atoms with van der Waals surface area (Å²) in [6, 6.07) is 0. The van der Waals surface area contributed by atoms with E-state index >= 15 is 0 Å². The Bertz CT molecular complexity index is 357. The van der Waals surface area contributed by atoms with E-state index in [9.17, 15) is 22.0 Å². The third-order valence-electron chi connectivity index (χ3n) is 2.83. The molecule has 5 heteroatoms. The first-order valence-electron chi connectivity index (χ1n) is 6.51. The molecule has 20 heavy (non-hydrogen) atoms. The van der Waals surface area contributed by atoms with Crippen molar-refractivity contribution < 1.29 is 22.0 Å². The fraction of sp³-hybridized carbons (Fsp3) is 0.600. The van der Waals surface area contributed by atoms with Crippen molar-refractivity contribution >= 4 is 0 Å². The van der Waals surface area contributed by atoms with Gasteiger partial charge in [-0.25, -0.2) is 0 Å². The topological polar surface area (TPSA) is 0 Å². The Labute approximate surface area is 118 Å². The zero-order valence-corrected chi connectivity index (χ0v) is 12.8. The summed E-state index contributed by atoms with van der Waals surface area (Å²) in [5.41, 5.74) is 1.50. The first kappa shape index (κ1) is 21.2. The highest BCUT2D eigenvalue weighted by molar-refractivity contribution is 5.20. The Kier molecular flexibility index (Phi) is 10.3. The van der Waals surface area contributed by atoms with Crippen molar-refractivity contribution in [3.8, 4) is 0 Å². The van der Waals surface area contributed by atoms with E-state index in [0.717, 1.165) is 11.8 Å². The van der Waals surface area contributed by atoms with Crippen LogP contribution in [0.1, 0.15) is 41.5 Å². The van der Waals surface area contributed by atoms with Gasteiger partial charge < -0.3 is 0 Å². The van der Waals surface area contributed by atoms with E-state index in [2.05, 4.69) is 39.0 Å². The highest BCUT2D eigenvalue weighted by atomic mass is 19.3. The van der Waals surface area contributed by atoms with Crippen LogP contribution in [0.25, 0.3) is 0 Å². The predicted molar refractivity (Wildman–Crippen MR) is 73.5 cm³/mol. The fourth-order valence-corrected chi connectivity index (χ4v) is 1.28. The molecule has 1 rings (SSSR count). The van der Waals surface area contributed by atoms with Crippen molar-refractivity contribution in [1.29, 1.82) is 0 Å². The van der Waals surface area contributed by atoms with Crippen LogP contribution in [-0.4, -0.2) is 5.92 Å². The second-order valence-corrected chi connectivity index (χ2v) is 4.41. The summed E-state index contributed by atoms with van der Waals surface area (Å²) >= 11 is 0. The Morgan fingerprint density at radius 1 is 1.10 bits per heavy atom. The SMILES string of the molecule is CC.CC(F)(F)C(F)=C(F)F.CC1=CC=CC(C)C1C. The van der Waals surface area contributed by atoms with Gasteiger partial charge in [-0.1, -0.05) is 51.5 Å². The maximum atomic E-state index is 11.5. The third kappa shape index (κ3) is 8.12. The van der Waals surface area contributed by atoms with Crippen LogP contribution >= 0.6 is 0 Å². The Morgan fingerprint density at radius 2 is 1.55 bits per heavy atom. The molecule has 2 atom stereocenters. The Hall–Kier alpha value is -1.13. The number of allylic oxidation sites excluding steroid dienone is 5. The van der Waals surface area contributed by atoms with Crippen LogP contribution in [0.5, 0.6) is 0 Å². The van der Waals surface area contributed by atoms with Crippen molar-refractivity contribution in [3.63, 3.8) is 0 Å². The minimum Gasteiger partial charge on any atom is -0.199 e. The molecule has 0 amide bonds. The van der Waals surface area contributed by atoms with E-state index < -0.39 is 17.8 Å². The normalized spacial score (nSPS) is 20.9. The number of halogens is 5. The summed E-state index contributed by atoms with van der Waals surface area (Å²) in [5, 5.41) is 0. The van der Waals surface area contributed by atoms with Crippen LogP contribution in [0.15, 0.2) is 35.7 Å². The van der Waals surface area contributed by atoms with Crippen LogP contribution in [0.4, 0.5) is 22.0 Å². The highest BCUT2D eigenvalue weighted by Crippen LogP contribution is 2.27. The lowest BCUT2D eigenvalue weighted by molar-refractivity contribution is 0.0304. The van der Waals surface area contributed by atoms with Crippen LogP contribution in [0.3, 0.4) is 0 Å². The minimum atomic E-state index is -4.06. The Balaban J connectivity index is 0. The summed E-state index contributed by atoms with van der Waals surface area (Å²) in [4.78, 5) is 0. The molecule has 0 N–H and O–H groups in total. The lowest BCUT2D eigenvalue weighted by atomic mass is 9.86. The van der Waals surface area contributed by atoms with E-state index in [-0.39, 0.29) is 6.92 Å². The summed E-state index contributed by atoms with van der Waals surface area (Å²) in [5.74, 6) is -5.24. The van der Waals surface area contributed by atoms with Gasteiger partial charge in [0, 0.05) is 6.92 Å². The van der Waals surface area contributed by atoms with Crippen molar-refractivity contribution in [2.24, 2.45) is 11.8 Å². The van der Waals surface area contributed by atoms with Gasteiger partial charge in [0.25, 0.3) is 0 Å². The zero-order valence-electron chi connectivity index (χ0n) is 12.8. The van der Waals surface area contributed by atoms with Gasteiger partial charge in [-0.2, -0.15) is 22.0 Å². The summed E-state index contributed by atoms with van der Waals surface area (Å²) < 4.78 is 56.2. The molecule has 1 aliphatic rings. The first-order valence-corrected chi connectivity index (χ1v) is 6.51. The van der Waals surface area contributed by atoms with Gasteiger partial charge >= 0.3 is 12.0 Å². The van der Waals surface area contributed by atoms with Crippen molar-refractivity contribution in [2.75, 3.05) is 0 Å². The van der Waals surface area contributed by atoms with Gasteiger partial charge in [0.15, 0.2) is 0 Å². The molecule has 0 aromatic rings. The molecule has 118 valence electrons. The van der Waals surface area contributed by atoms with Gasteiger partial charge in [0.05, 0.1) is 0 Å². The van der Waals surface area contributed by atoms with E-state index in [1.165, 1.54) is 5.57 Å². The van der Waals surface area contributed by atoms with Crippen LogP contribution in [-0.2, 0) is 0 Å². The number of alkyl halides is 2. The zero-order chi connectivity index (χ0) is 16.5.